The number of hydrogen-bond acceptors (Lipinski definition) is 5. The van der Waals surface area contributed by atoms with Gasteiger partial charge in [0.05, 0.1) is 5.56 Å². The fourth-order valence-corrected chi connectivity index (χ4v) is 4.40. The number of rotatable bonds is 6. The summed E-state index contributed by atoms with van der Waals surface area (Å²) in [5, 5.41) is 0. The van der Waals surface area contributed by atoms with Gasteiger partial charge in [-0.25, -0.2) is 4.98 Å². The van der Waals surface area contributed by atoms with E-state index < -0.39 is 11.7 Å². The summed E-state index contributed by atoms with van der Waals surface area (Å²) in [4.78, 5) is 11.1. The summed E-state index contributed by atoms with van der Waals surface area (Å²) < 4.78 is 44.7. The minimum atomic E-state index is -4.33. The highest BCUT2D eigenvalue weighted by atomic mass is 19.4. The van der Waals surface area contributed by atoms with Crippen molar-refractivity contribution < 1.29 is 17.9 Å². The fraction of sp³-hybridized carbons (Fsp3) is 0.522. The van der Waals surface area contributed by atoms with Gasteiger partial charge in [0.2, 0.25) is 0 Å². The Labute approximate surface area is 181 Å². The molecular weight excluding hydrogens is 405 g/mol. The maximum atomic E-state index is 13.0. The molecule has 168 valence electrons. The monoisotopic (exact) mass is 434 g/mol. The van der Waals surface area contributed by atoms with Gasteiger partial charge in [-0.05, 0) is 50.2 Å². The number of halogens is 3. The minimum absolute atomic E-state index is 0.419. The van der Waals surface area contributed by atoms with E-state index in [1.165, 1.54) is 6.20 Å². The van der Waals surface area contributed by atoms with Gasteiger partial charge in [-0.3, -0.25) is 9.80 Å². The summed E-state index contributed by atoms with van der Waals surface area (Å²) in [6.45, 7) is 6.86. The van der Waals surface area contributed by atoms with Crippen molar-refractivity contribution in [1.82, 2.24) is 14.8 Å². The summed E-state index contributed by atoms with van der Waals surface area (Å²) in [5.41, 5.74) is -0.636. The van der Waals surface area contributed by atoms with Gasteiger partial charge in [0.15, 0.2) is 0 Å². The van der Waals surface area contributed by atoms with E-state index in [0.717, 1.165) is 63.4 Å². The first-order valence-corrected chi connectivity index (χ1v) is 10.9. The molecule has 0 bridgehead atoms. The number of aromatic nitrogens is 1. The SMILES string of the molecule is FC(F)(F)c1ccnc(N2CCN(C3CCN(CCOc4ccccc4)CC3)CC2)c1. The first kappa shape index (κ1) is 21.9. The second kappa shape index (κ2) is 9.87. The quantitative estimate of drug-likeness (QED) is 0.691. The van der Waals surface area contributed by atoms with E-state index >= 15 is 0 Å². The van der Waals surface area contributed by atoms with E-state index in [0.29, 0.717) is 31.6 Å². The number of para-hydroxylation sites is 1. The molecule has 5 nitrogen and oxygen atoms in total. The van der Waals surface area contributed by atoms with Gasteiger partial charge in [-0.15, -0.1) is 0 Å². The molecule has 2 aromatic rings. The lowest BCUT2D eigenvalue weighted by Crippen LogP contribution is -2.53. The third kappa shape index (κ3) is 5.89. The van der Waals surface area contributed by atoms with E-state index in [1.54, 1.807) is 0 Å². The van der Waals surface area contributed by atoms with Crippen LogP contribution >= 0.6 is 0 Å². The third-order valence-corrected chi connectivity index (χ3v) is 6.20. The average Bonchev–Trinajstić information content (AvgIpc) is 2.80. The highest BCUT2D eigenvalue weighted by molar-refractivity contribution is 5.42. The second-order valence-electron chi connectivity index (χ2n) is 8.16. The zero-order valence-electron chi connectivity index (χ0n) is 17.6. The van der Waals surface area contributed by atoms with Gasteiger partial charge in [0.1, 0.15) is 18.2 Å². The van der Waals surface area contributed by atoms with Crippen molar-refractivity contribution in [3.8, 4) is 5.75 Å². The molecule has 4 rings (SSSR count). The molecule has 1 aromatic heterocycles. The Morgan fingerprint density at radius 2 is 1.65 bits per heavy atom. The van der Waals surface area contributed by atoms with Gasteiger partial charge < -0.3 is 9.64 Å². The maximum absolute atomic E-state index is 13.0. The molecule has 0 radical (unpaired) electrons. The van der Waals surface area contributed by atoms with Crippen molar-refractivity contribution in [1.29, 1.82) is 0 Å². The largest absolute Gasteiger partial charge is 0.492 e. The topological polar surface area (TPSA) is 31.8 Å². The number of benzene rings is 1. The van der Waals surface area contributed by atoms with Gasteiger partial charge in [0.25, 0.3) is 0 Å². The molecule has 0 unspecified atom stereocenters. The number of piperazine rings is 1. The van der Waals surface area contributed by atoms with Crippen LogP contribution in [0.5, 0.6) is 5.75 Å². The molecule has 31 heavy (non-hydrogen) atoms. The number of ether oxygens (including phenoxy) is 1. The molecule has 1 aromatic carbocycles. The van der Waals surface area contributed by atoms with Crippen LogP contribution in [-0.2, 0) is 6.18 Å². The molecule has 0 amide bonds. The second-order valence-corrected chi connectivity index (χ2v) is 8.16. The third-order valence-electron chi connectivity index (χ3n) is 6.20. The summed E-state index contributed by atoms with van der Waals surface area (Å²) in [6, 6.07) is 12.6. The van der Waals surface area contributed by atoms with Crippen molar-refractivity contribution in [2.45, 2.75) is 25.1 Å². The number of hydrogen-bond donors (Lipinski definition) is 0. The highest BCUT2D eigenvalue weighted by Gasteiger charge is 2.32. The van der Waals surface area contributed by atoms with E-state index in [-0.39, 0.29) is 0 Å². The van der Waals surface area contributed by atoms with Crippen molar-refractivity contribution >= 4 is 5.82 Å². The zero-order chi connectivity index (χ0) is 21.7. The molecule has 3 heterocycles. The number of nitrogens with zero attached hydrogens (tertiary/aromatic N) is 4. The van der Waals surface area contributed by atoms with Crippen LogP contribution in [-0.4, -0.2) is 73.2 Å². The van der Waals surface area contributed by atoms with Crippen LogP contribution in [0.2, 0.25) is 0 Å². The van der Waals surface area contributed by atoms with E-state index in [1.807, 2.05) is 35.2 Å². The lowest BCUT2D eigenvalue weighted by molar-refractivity contribution is -0.137. The van der Waals surface area contributed by atoms with Crippen LogP contribution in [0.3, 0.4) is 0 Å². The van der Waals surface area contributed by atoms with Gasteiger partial charge in [-0.1, -0.05) is 18.2 Å². The van der Waals surface area contributed by atoms with Crippen LogP contribution < -0.4 is 9.64 Å². The molecular formula is C23H29F3N4O. The van der Waals surface area contributed by atoms with E-state index in [2.05, 4.69) is 14.8 Å². The first-order chi connectivity index (χ1) is 15.0. The van der Waals surface area contributed by atoms with E-state index in [4.69, 9.17) is 4.74 Å². The normalized spacial score (nSPS) is 19.5. The summed E-state index contributed by atoms with van der Waals surface area (Å²) in [7, 11) is 0. The van der Waals surface area contributed by atoms with Crippen LogP contribution in [0, 0.1) is 0 Å². The minimum Gasteiger partial charge on any atom is -0.492 e. The molecule has 0 atom stereocenters. The fourth-order valence-electron chi connectivity index (χ4n) is 4.40. The predicted molar refractivity (Wildman–Crippen MR) is 114 cm³/mol. The summed E-state index contributed by atoms with van der Waals surface area (Å²) in [6.07, 6.45) is -0.846. The molecule has 2 saturated heterocycles. The van der Waals surface area contributed by atoms with Gasteiger partial charge in [-0.2, -0.15) is 13.2 Å². The van der Waals surface area contributed by atoms with Crippen molar-refractivity contribution in [3.63, 3.8) is 0 Å². The number of likely N-dealkylation sites (tertiary alicyclic amines) is 1. The molecule has 8 heteroatoms. The summed E-state index contributed by atoms with van der Waals surface area (Å²) in [5.74, 6) is 1.33. The van der Waals surface area contributed by atoms with Crippen LogP contribution in [0.1, 0.15) is 18.4 Å². The van der Waals surface area contributed by atoms with Crippen molar-refractivity contribution in [2.75, 3.05) is 57.3 Å². The zero-order valence-corrected chi connectivity index (χ0v) is 17.6. The number of alkyl halides is 3. The molecule has 0 spiro atoms. The highest BCUT2D eigenvalue weighted by Crippen LogP contribution is 2.31. The van der Waals surface area contributed by atoms with Crippen molar-refractivity contribution in [3.05, 3.63) is 54.2 Å². The Morgan fingerprint density at radius 3 is 2.32 bits per heavy atom. The average molecular weight is 435 g/mol. The summed E-state index contributed by atoms with van der Waals surface area (Å²) >= 11 is 0. The molecule has 2 fully saturated rings. The van der Waals surface area contributed by atoms with Crippen LogP contribution in [0.4, 0.5) is 19.0 Å². The molecule has 2 aliphatic rings. The number of piperidine rings is 1. The van der Waals surface area contributed by atoms with Crippen LogP contribution in [0.15, 0.2) is 48.7 Å². The Morgan fingerprint density at radius 1 is 0.935 bits per heavy atom. The Bertz CT molecular complexity index is 817. The van der Waals surface area contributed by atoms with E-state index in [9.17, 15) is 13.2 Å². The van der Waals surface area contributed by atoms with Crippen molar-refractivity contribution in [2.24, 2.45) is 0 Å². The lowest BCUT2D eigenvalue weighted by atomic mass is 10.0. The standard InChI is InChI=1S/C23H29F3N4O/c24-23(25,26)19-6-9-27-22(18-19)30-14-12-29(13-15-30)20-7-10-28(11-8-20)16-17-31-21-4-2-1-3-5-21/h1-6,9,18,20H,7-8,10-17H2. The Hall–Kier alpha value is -2.32. The van der Waals surface area contributed by atoms with Crippen LogP contribution in [0.25, 0.3) is 0 Å². The molecule has 0 saturated carbocycles. The Balaban J connectivity index is 1.19. The number of anilines is 1. The molecule has 0 N–H and O–H groups in total. The molecule has 0 aliphatic carbocycles. The number of pyridine rings is 1. The maximum Gasteiger partial charge on any atom is 0.416 e. The predicted octanol–water partition coefficient (Wildman–Crippen LogP) is 3.77. The van der Waals surface area contributed by atoms with Gasteiger partial charge in [0, 0.05) is 45.0 Å². The molecule has 2 aliphatic heterocycles. The smallest absolute Gasteiger partial charge is 0.416 e. The lowest BCUT2D eigenvalue weighted by Gasteiger charge is -2.43. The van der Waals surface area contributed by atoms with Gasteiger partial charge >= 0.3 is 6.18 Å². The Kier molecular flexibility index (Phi) is 6.97. The first-order valence-electron chi connectivity index (χ1n) is 10.9.